The molecule has 3 rings (SSSR count). The van der Waals surface area contributed by atoms with Gasteiger partial charge in [0.15, 0.2) is 0 Å². The fraction of sp³-hybridized carbons (Fsp3) is 0.500. The zero-order chi connectivity index (χ0) is 20.1. The summed E-state index contributed by atoms with van der Waals surface area (Å²) < 4.78 is 22.2. The predicted octanol–water partition coefficient (Wildman–Crippen LogP) is 4.95. The number of allylic oxidation sites excluding steroid dienone is 5. The molecular weight excluding hydrogens is 352 g/mol. The number of hydrogen-bond donors (Lipinski definition) is 0. The Labute approximate surface area is 168 Å². The van der Waals surface area contributed by atoms with Crippen LogP contribution in [0, 0.1) is 0 Å². The molecule has 0 aromatic heterocycles. The highest BCUT2D eigenvalue weighted by Gasteiger charge is 2.34. The Hall–Kier alpha value is -2.04. The van der Waals surface area contributed by atoms with E-state index < -0.39 is 0 Å². The Morgan fingerprint density at radius 1 is 1.11 bits per heavy atom. The summed E-state index contributed by atoms with van der Waals surface area (Å²) in [7, 11) is 0. The first-order chi connectivity index (χ1) is 13.4. The second kappa shape index (κ2) is 8.97. The average molecular weight is 385 g/mol. The van der Waals surface area contributed by atoms with Crippen molar-refractivity contribution in [1.82, 2.24) is 0 Å². The van der Waals surface area contributed by atoms with E-state index in [2.05, 4.69) is 52.0 Å². The highest BCUT2D eigenvalue weighted by atomic mass is 16.6. The third-order valence-corrected chi connectivity index (χ3v) is 5.41. The molecule has 1 aromatic rings. The van der Waals surface area contributed by atoms with Crippen molar-refractivity contribution < 1.29 is 18.9 Å². The largest absolute Gasteiger partial charge is 0.491 e. The number of benzene rings is 1. The standard InChI is InChI=1S/C24H32O4/c1-6-18(8-11-20(7-2)25-14-22-15-26-22)24(4,5)19-9-12-21(13-10-19)27-16-23-17(3)28-23/h6-13,17,22-23H,14-16H2,1-5H3/b11-8-,18-6+,20-7+. The Bertz CT molecular complexity index is 738. The van der Waals surface area contributed by atoms with Crippen LogP contribution in [-0.2, 0) is 19.6 Å². The van der Waals surface area contributed by atoms with Crippen LogP contribution >= 0.6 is 0 Å². The highest BCUT2D eigenvalue weighted by molar-refractivity contribution is 5.43. The van der Waals surface area contributed by atoms with Crippen LogP contribution in [0.2, 0.25) is 0 Å². The van der Waals surface area contributed by atoms with Crippen molar-refractivity contribution >= 4 is 0 Å². The van der Waals surface area contributed by atoms with Gasteiger partial charge in [-0.1, -0.05) is 38.1 Å². The molecule has 4 nitrogen and oxygen atoms in total. The molecule has 0 radical (unpaired) electrons. The minimum Gasteiger partial charge on any atom is -0.491 e. The van der Waals surface area contributed by atoms with Crippen LogP contribution in [0.25, 0.3) is 0 Å². The van der Waals surface area contributed by atoms with Gasteiger partial charge in [0.2, 0.25) is 0 Å². The molecule has 0 spiro atoms. The molecule has 2 aliphatic heterocycles. The van der Waals surface area contributed by atoms with Crippen molar-refractivity contribution in [3.05, 3.63) is 65.5 Å². The molecule has 152 valence electrons. The lowest BCUT2D eigenvalue weighted by Crippen LogP contribution is -2.19. The van der Waals surface area contributed by atoms with E-state index in [1.54, 1.807) is 0 Å². The molecule has 0 aliphatic carbocycles. The van der Waals surface area contributed by atoms with Gasteiger partial charge in [-0.3, -0.25) is 0 Å². The van der Waals surface area contributed by atoms with Gasteiger partial charge in [0, 0.05) is 5.41 Å². The molecule has 2 aliphatic rings. The first-order valence-corrected chi connectivity index (χ1v) is 10.1. The Morgan fingerprint density at radius 3 is 2.32 bits per heavy atom. The fourth-order valence-electron chi connectivity index (χ4n) is 3.14. The van der Waals surface area contributed by atoms with E-state index >= 15 is 0 Å². The van der Waals surface area contributed by atoms with E-state index in [0.29, 0.717) is 19.3 Å². The van der Waals surface area contributed by atoms with E-state index in [9.17, 15) is 0 Å². The molecule has 2 fully saturated rings. The molecule has 3 atom stereocenters. The molecule has 1 aromatic carbocycles. The number of hydrogen-bond acceptors (Lipinski definition) is 4. The summed E-state index contributed by atoms with van der Waals surface area (Å²) in [5.74, 6) is 1.75. The zero-order valence-corrected chi connectivity index (χ0v) is 17.6. The summed E-state index contributed by atoms with van der Waals surface area (Å²) in [6.45, 7) is 12.6. The van der Waals surface area contributed by atoms with Crippen molar-refractivity contribution in [1.29, 1.82) is 0 Å². The minimum absolute atomic E-state index is 0.129. The van der Waals surface area contributed by atoms with Gasteiger partial charge < -0.3 is 18.9 Å². The summed E-state index contributed by atoms with van der Waals surface area (Å²) in [6, 6.07) is 8.36. The van der Waals surface area contributed by atoms with Gasteiger partial charge in [0.25, 0.3) is 0 Å². The summed E-state index contributed by atoms with van der Waals surface area (Å²) in [5, 5.41) is 0. The summed E-state index contributed by atoms with van der Waals surface area (Å²) in [4.78, 5) is 0. The van der Waals surface area contributed by atoms with Crippen LogP contribution in [0.15, 0.2) is 59.9 Å². The fourth-order valence-corrected chi connectivity index (χ4v) is 3.14. The van der Waals surface area contributed by atoms with Crippen molar-refractivity contribution in [3.63, 3.8) is 0 Å². The maximum absolute atomic E-state index is 5.81. The number of rotatable bonds is 10. The average Bonchev–Trinajstić information content (AvgIpc) is 3.61. The summed E-state index contributed by atoms with van der Waals surface area (Å²) in [6.07, 6.45) is 9.14. The quantitative estimate of drug-likeness (QED) is 0.325. The van der Waals surface area contributed by atoms with E-state index in [1.165, 1.54) is 11.1 Å². The van der Waals surface area contributed by atoms with Crippen molar-refractivity contribution in [2.75, 3.05) is 19.8 Å². The molecule has 28 heavy (non-hydrogen) atoms. The summed E-state index contributed by atoms with van der Waals surface area (Å²) >= 11 is 0. The maximum atomic E-state index is 5.81. The predicted molar refractivity (Wildman–Crippen MR) is 112 cm³/mol. The van der Waals surface area contributed by atoms with E-state index in [1.807, 2.05) is 31.2 Å². The van der Waals surface area contributed by atoms with Crippen molar-refractivity contribution in [2.24, 2.45) is 0 Å². The van der Waals surface area contributed by atoms with Gasteiger partial charge in [0.05, 0.1) is 12.7 Å². The van der Waals surface area contributed by atoms with Crippen molar-refractivity contribution in [2.45, 2.75) is 58.3 Å². The topological polar surface area (TPSA) is 43.5 Å². The molecule has 2 saturated heterocycles. The molecule has 0 N–H and O–H groups in total. The van der Waals surface area contributed by atoms with Crippen molar-refractivity contribution in [3.8, 4) is 5.75 Å². The van der Waals surface area contributed by atoms with E-state index in [4.69, 9.17) is 18.9 Å². The van der Waals surface area contributed by atoms with Crippen LogP contribution in [-0.4, -0.2) is 38.1 Å². The number of ether oxygens (including phenoxy) is 4. The van der Waals surface area contributed by atoms with Crippen LogP contribution < -0.4 is 4.74 Å². The van der Waals surface area contributed by atoms with E-state index in [-0.39, 0.29) is 17.6 Å². The van der Waals surface area contributed by atoms with Gasteiger partial charge in [-0.25, -0.2) is 0 Å². The van der Waals surface area contributed by atoms with Gasteiger partial charge in [0.1, 0.15) is 36.9 Å². The maximum Gasteiger partial charge on any atom is 0.119 e. The lowest BCUT2D eigenvalue weighted by molar-refractivity contribution is 0.192. The SMILES string of the molecule is C\C=C(/C=C\C(=C/C)C(C)(C)c1ccc(OCC2OC2C)cc1)OCC1CO1. The second-order valence-corrected chi connectivity index (χ2v) is 7.87. The summed E-state index contributed by atoms with van der Waals surface area (Å²) in [5.41, 5.74) is 2.34. The molecule has 2 heterocycles. The highest BCUT2D eigenvalue weighted by Crippen LogP contribution is 2.34. The first-order valence-electron chi connectivity index (χ1n) is 10.1. The number of epoxide rings is 2. The lowest BCUT2D eigenvalue weighted by atomic mass is 9.77. The third-order valence-electron chi connectivity index (χ3n) is 5.41. The third kappa shape index (κ3) is 5.49. The molecule has 0 bridgehead atoms. The molecular formula is C24H32O4. The molecule has 4 heteroatoms. The van der Waals surface area contributed by atoms with Crippen LogP contribution in [0.4, 0.5) is 0 Å². The van der Waals surface area contributed by atoms with Gasteiger partial charge in [-0.2, -0.15) is 0 Å². The Balaban J connectivity index is 1.62. The van der Waals surface area contributed by atoms with Crippen LogP contribution in [0.5, 0.6) is 5.75 Å². The van der Waals surface area contributed by atoms with Gasteiger partial charge >= 0.3 is 0 Å². The zero-order valence-electron chi connectivity index (χ0n) is 17.6. The smallest absolute Gasteiger partial charge is 0.119 e. The van der Waals surface area contributed by atoms with E-state index in [0.717, 1.165) is 18.1 Å². The Kier molecular flexibility index (Phi) is 6.63. The van der Waals surface area contributed by atoms with Gasteiger partial charge in [-0.15, -0.1) is 0 Å². The second-order valence-electron chi connectivity index (χ2n) is 7.87. The molecule has 0 saturated carbocycles. The van der Waals surface area contributed by atoms with Crippen LogP contribution in [0.1, 0.15) is 40.2 Å². The Morgan fingerprint density at radius 2 is 1.79 bits per heavy atom. The van der Waals surface area contributed by atoms with Gasteiger partial charge in [-0.05, 0) is 56.2 Å². The van der Waals surface area contributed by atoms with Crippen LogP contribution in [0.3, 0.4) is 0 Å². The molecule has 3 unspecified atom stereocenters. The monoisotopic (exact) mass is 384 g/mol. The first kappa shape index (κ1) is 20.7. The normalized spacial score (nSPS) is 25.1. The molecule has 0 amide bonds. The minimum atomic E-state index is -0.129. The lowest BCUT2D eigenvalue weighted by Gasteiger charge is -2.27.